The summed E-state index contributed by atoms with van der Waals surface area (Å²) in [6, 6.07) is 8.75. The van der Waals surface area contributed by atoms with Gasteiger partial charge in [0, 0.05) is 38.8 Å². The molecule has 0 aromatic heterocycles. The Morgan fingerprint density at radius 3 is 2.42 bits per heavy atom. The van der Waals surface area contributed by atoms with Crippen molar-refractivity contribution in [2.75, 3.05) is 32.7 Å². The van der Waals surface area contributed by atoms with Gasteiger partial charge in [-0.05, 0) is 32.3 Å². The van der Waals surface area contributed by atoms with Gasteiger partial charge in [-0.2, -0.15) is 0 Å². The molecule has 1 N–H and O–H groups in total. The minimum absolute atomic E-state index is 0.159. The molecule has 1 aliphatic heterocycles. The van der Waals surface area contributed by atoms with Crippen LogP contribution in [0.15, 0.2) is 24.3 Å². The largest absolute Gasteiger partial charge is 0.341 e. The number of benzene rings is 1. The fraction of sp³-hybridized carbons (Fsp3) is 0.650. The van der Waals surface area contributed by atoms with Crippen LogP contribution in [0, 0.1) is 6.92 Å². The first-order chi connectivity index (χ1) is 11.6. The van der Waals surface area contributed by atoms with Gasteiger partial charge in [0.15, 0.2) is 0 Å². The number of carbonyl (C=O) groups excluding carboxylic acids is 1. The average molecular weight is 332 g/mol. The third kappa shape index (κ3) is 4.81. The van der Waals surface area contributed by atoms with E-state index in [1.807, 2.05) is 0 Å². The summed E-state index contributed by atoms with van der Waals surface area (Å²) in [6.45, 7) is 13.0. The van der Waals surface area contributed by atoms with E-state index in [0.29, 0.717) is 6.04 Å². The molecule has 0 spiro atoms. The van der Waals surface area contributed by atoms with Gasteiger partial charge in [0.1, 0.15) is 6.04 Å². The Kier molecular flexibility index (Phi) is 7.25. The molecule has 1 saturated heterocycles. The van der Waals surface area contributed by atoms with Gasteiger partial charge in [-0.1, -0.05) is 43.7 Å². The summed E-state index contributed by atoms with van der Waals surface area (Å²) in [7, 11) is 0. The fourth-order valence-electron chi connectivity index (χ4n) is 3.50. The first kappa shape index (κ1) is 18.9. The molecule has 4 heteroatoms. The lowest BCUT2D eigenvalue weighted by Gasteiger charge is -2.39. The maximum Gasteiger partial charge on any atom is 0.244 e. The van der Waals surface area contributed by atoms with Crippen LogP contribution >= 0.6 is 0 Å². The Morgan fingerprint density at radius 1 is 1.25 bits per heavy atom. The summed E-state index contributed by atoms with van der Waals surface area (Å²) in [5.41, 5.74) is 2.36. The molecule has 0 aliphatic carbocycles. The molecular formula is C20H33N3O. The number of carbonyl (C=O) groups is 1. The Balaban J connectivity index is 2.30. The maximum atomic E-state index is 13.4. The molecule has 1 aromatic carbocycles. The predicted molar refractivity (Wildman–Crippen MR) is 100 cm³/mol. The molecule has 0 radical (unpaired) electrons. The summed E-state index contributed by atoms with van der Waals surface area (Å²) in [5.74, 6) is 0.261. The van der Waals surface area contributed by atoms with E-state index in [4.69, 9.17) is 0 Å². The maximum absolute atomic E-state index is 13.4. The summed E-state index contributed by atoms with van der Waals surface area (Å²) in [5, 5.41) is 3.48. The van der Waals surface area contributed by atoms with Gasteiger partial charge in [-0.25, -0.2) is 0 Å². The van der Waals surface area contributed by atoms with Crippen molar-refractivity contribution < 1.29 is 4.79 Å². The van der Waals surface area contributed by atoms with E-state index < -0.39 is 0 Å². The quantitative estimate of drug-likeness (QED) is 0.834. The van der Waals surface area contributed by atoms with E-state index in [9.17, 15) is 4.79 Å². The minimum Gasteiger partial charge on any atom is -0.341 e. The number of amides is 1. The summed E-state index contributed by atoms with van der Waals surface area (Å²) in [6.07, 6.45) is 2.01. The fourth-order valence-corrected chi connectivity index (χ4v) is 3.50. The first-order valence-electron chi connectivity index (χ1n) is 9.39. The zero-order valence-electron chi connectivity index (χ0n) is 15.7. The van der Waals surface area contributed by atoms with Crippen molar-refractivity contribution in [1.82, 2.24) is 15.1 Å². The van der Waals surface area contributed by atoms with E-state index in [1.54, 1.807) is 0 Å². The highest BCUT2D eigenvalue weighted by Gasteiger charge is 2.32. The predicted octanol–water partition coefficient (Wildman–Crippen LogP) is 2.98. The Bertz CT molecular complexity index is 508. The molecule has 0 saturated carbocycles. The number of hydrogen-bond acceptors (Lipinski definition) is 3. The average Bonchev–Trinajstić information content (AvgIpc) is 2.57. The SMILES string of the molecule is CCCN(CCC)C(=O)C(c1ccc(C)cc1)N1CCNC(C)C1. The van der Waals surface area contributed by atoms with E-state index in [2.05, 4.69) is 67.1 Å². The highest BCUT2D eigenvalue weighted by Crippen LogP contribution is 2.25. The minimum atomic E-state index is -0.159. The molecule has 24 heavy (non-hydrogen) atoms. The van der Waals surface area contributed by atoms with Crippen molar-refractivity contribution in [3.8, 4) is 0 Å². The van der Waals surface area contributed by atoms with E-state index in [0.717, 1.165) is 51.1 Å². The molecule has 1 aromatic rings. The number of nitrogens with one attached hydrogen (secondary N) is 1. The monoisotopic (exact) mass is 331 g/mol. The van der Waals surface area contributed by atoms with E-state index >= 15 is 0 Å². The van der Waals surface area contributed by atoms with Crippen LogP contribution < -0.4 is 5.32 Å². The highest BCUT2D eigenvalue weighted by atomic mass is 16.2. The molecule has 134 valence electrons. The number of aryl methyl sites for hydroxylation is 1. The Morgan fingerprint density at radius 2 is 1.88 bits per heavy atom. The molecule has 1 fully saturated rings. The van der Waals surface area contributed by atoms with Gasteiger partial charge < -0.3 is 10.2 Å². The van der Waals surface area contributed by atoms with Crippen molar-refractivity contribution in [1.29, 1.82) is 0 Å². The van der Waals surface area contributed by atoms with Crippen molar-refractivity contribution in [3.63, 3.8) is 0 Å². The van der Waals surface area contributed by atoms with Gasteiger partial charge in [-0.3, -0.25) is 9.69 Å². The molecule has 1 heterocycles. The van der Waals surface area contributed by atoms with Gasteiger partial charge in [0.25, 0.3) is 0 Å². The number of piperazine rings is 1. The lowest BCUT2D eigenvalue weighted by molar-refractivity contribution is -0.138. The summed E-state index contributed by atoms with van der Waals surface area (Å²) >= 11 is 0. The zero-order valence-corrected chi connectivity index (χ0v) is 15.7. The highest BCUT2D eigenvalue weighted by molar-refractivity contribution is 5.83. The lowest BCUT2D eigenvalue weighted by atomic mass is 10.0. The molecule has 2 rings (SSSR count). The van der Waals surface area contributed by atoms with E-state index in [1.165, 1.54) is 5.56 Å². The van der Waals surface area contributed by atoms with Crippen LogP contribution in [0.4, 0.5) is 0 Å². The van der Waals surface area contributed by atoms with Gasteiger partial charge in [0.05, 0.1) is 0 Å². The summed E-state index contributed by atoms with van der Waals surface area (Å²) < 4.78 is 0. The number of hydrogen-bond donors (Lipinski definition) is 1. The van der Waals surface area contributed by atoms with Gasteiger partial charge in [-0.15, -0.1) is 0 Å². The smallest absolute Gasteiger partial charge is 0.244 e. The van der Waals surface area contributed by atoms with Crippen LogP contribution in [0.25, 0.3) is 0 Å². The van der Waals surface area contributed by atoms with Crippen LogP contribution in [0.1, 0.15) is 50.8 Å². The first-order valence-corrected chi connectivity index (χ1v) is 9.39. The molecule has 2 atom stereocenters. The van der Waals surface area contributed by atoms with Crippen LogP contribution in [-0.2, 0) is 4.79 Å². The van der Waals surface area contributed by atoms with Crippen LogP contribution in [0.2, 0.25) is 0 Å². The van der Waals surface area contributed by atoms with Crippen LogP contribution in [0.5, 0.6) is 0 Å². The van der Waals surface area contributed by atoms with Crippen LogP contribution in [-0.4, -0.2) is 54.5 Å². The number of rotatable bonds is 7. The second-order valence-corrected chi connectivity index (χ2v) is 6.99. The second-order valence-electron chi connectivity index (χ2n) is 6.99. The van der Waals surface area contributed by atoms with Gasteiger partial charge in [0.2, 0.25) is 5.91 Å². The third-order valence-electron chi connectivity index (χ3n) is 4.69. The lowest BCUT2D eigenvalue weighted by Crippen LogP contribution is -2.53. The normalized spacial score (nSPS) is 19.9. The third-order valence-corrected chi connectivity index (χ3v) is 4.69. The molecule has 2 unspecified atom stereocenters. The zero-order chi connectivity index (χ0) is 17.5. The van der Waals surface area contributed by atoms with Gasteiger partial charge >= 0.3 is 0 Å². The van der Waals surface area contributed by atoms with Crippen molar-refractivity contribution >= 4 is 5.91 Å². The standard InChI is InChI=1S/C20H33N3O/c1-5-12-22(13-6-2)20(24)19(18-9-7-16(3)8-10-18)23-14-11-21-17(4)15-23/h7-10,17,19,21H,5-6,11-15H2,1-4H3. The van der Waals surface area contributed by atoms with Crippen molar-refractivity contribution in [3.05, 3.63) is 35.4 Å². The van der Waals surface area contributed by atoms with E-state index in [-0.39, 0.29) is 11.9 Å². The topological polar surface area (TPSA) is 35.6 Å². The second kappa shape index (κ2) is 9.19. The van der Waals surface area contributed by atoms with Crippen molar-refractivity contribution in [2.24, 2.45) is 0 Å². The Hall–Kier alpha value is -1.39. The summed E-state index contributed by atoms with van der Waals surface area (Å²) in [4.78, 5) is 17.8. The van der Waals surface area contributed by atoms with Crippen molar-refractivity contribution in [2.45, 2.75) is 52.6 Å². The van der Waals surface area contributed by atoms with Crippen LogP contribution in [0.3, 0.4) is 0 Å². The molecule has 1 aliphatic rings. The Labute approximate surface area is 147 Å². The molecule has 1 amide bonds. The molecule has 4 nitrogen and oxygen atoms in total. The number of nitrogens with zero attached hydrogens (tertiary/aromatic N) is 2. The molecular weight excluding hydrogens is 298 g/mol. The molecule has 0 bridgehead atoms.